The molecular weight excluding hydrogens is 594 g/mol. The second kappa shape index (κ2) is 15.0. The van der Waals surface area contributed by atoms with Crippen molar-refractivity contribution < 1.29 is 18.0 Å². The molecule has 44 heavy (non-hydrogen) atoms. The summed E-state index contributed by atoms with van der Waals surface area (Å²) in [7, 11) is -4.15. The van der Waals surface area contributed by atoms with Gasteiger partial charge in [0.2, 0.25) is 11.8 Å². The minimum atomic E-state index is -4.15. The standard InChI is InChI=1S/C35H38ClN3O4S/c1-26(2)23-37-35(41)33(22-28-14-6-4-7-15-28)38(24-29-16-12-17-30(36)21-29)34(40)25-39(32-20-11-10-13-27(32)3)44(42,43)31-18-8-5-9-19-31/h4-21,26,33H,22-25H2,1-3H3,(H,37,41). The number of carbonyl (C=O) groups excluding carboxylic acids is 2. The van der Waals surface area contributed by atoms with Gasteiger partial charge in [-0.2, -0.15) is 0 Å². The summed E-state index contributed by atoms with van der Waals surface area (Å²) in [5, 5.41) is 3.49. The third-order valence-electron chi connectivity index (χ3n) is 7.19. The number of aryl methyl sites for hydroxylation is 1. The summed E-state index contributed by atoms with van der Waals surface area (Å²) < 4.78 is 29.3. The topological polar surface area (TPSA) is 86.8 Å². The molecule has 0 aliphatic heterocycles. The van der Waals surface area contributed by atoms with Gasteiger partial charge in [-0.05, 0) is 59.9 Å². The summed E-state index contributed by atoms with van der Waals surface area (Å²) in [6.07, 6.45) is 0.243. The minimum absolute atomic E-state index is 0.0546. The number of nitrogens with one attached hydrogen (secondary N) is 1. The lowest BCUT2D eigenvalue weighted by molar-refractivity contribution is -0.140. The quantitative estimate of drug-likeness (QED) is 0.189. The van der Waals surface area contributed by atoms with Crippen LogP contribution in [0, 0.1) is 12.8 Å². The average Bonchev–Trinajstić information content (AvgIpc) is 3.01. The van der Waals surface area contributed by atoms with Gasteiger partial charge in [0.15, 0.2) is 0 Å². The molecular formula is C35H38ClN3O4S. The Morgan fingerprint density at radius 2 is 1.43 bits per heavy atom. The van der Waals surface area contributed by atoms with E-state index in [9.17, 15) is 18.0 Å². The number of para-hydroxylation sites is 1. The molecule has 0 aliphatic carbocycles. The lowest BCUT2D eigenvalue weighted by Gasteiger charge is -2.34. The van der Waals surface area contributed by atoms with Gasteiger partial charge in [-0.1, -0.05) is 104 Å². The first-order chi connectivity index (χ1) is 21.1. The van der Waals surface area contributed by atoms with Gasteiger partial charge in [0.05, 0.1) is 10.6 Å². The predicted molar refractivity (Wildman–Crippen MR) is 176 cm³/mol. The lowest BCUT2D eigenvalue weighted by Crippen LogP contribution is -2.53. The van der Waals surface area contributed by atoms with Crippen LogP contribution in [0.1, 0.15) is 30.5 Å². The third kappa shape index (κ3) is 8.49. The van der Waals surface area contributed by atoms with Gasteiger partial charge in [0.1, 0.15) is 12.6 Å². The zero-order chi connectivity index (χ0) is 31.7. The number of sulfonamides is 1. The molecule has 7 nitrogen and oxygen atoms in total. The van der Waals surface area contributed by atoms with Crippen LogP contribution >= 0.6 is 11.6 Å². The van der Waals surface area contributed by atoms with Crippen LogP contribution in [0.25, 0.3) is 0 Å². The molecule has 0 aromatic heterocycles. The van der Waals surface area contributed by atoms with Crippen molar-refractivity contribution >= 4 is 39.1 Å². The van der Waals surface area contributed by atoms with Gasteiger partial charge in [-0.3, -0.25) is 13.9 Å². The van der Waals surface area contributed by atoms with E-state index in [4.69, 9.17) is 11.6 Å². The first-order valence-corrected chi connectivity index (χ1v) is 16.4. The van der Waals surface area contributed by atoms with Crippen LogP contribution in [0.4, 0.5) is 5.69 Å². The van der Waals surface area contributed by atoms with Crippen molar-refractivity contribution in [2.45, 2.75) is 44.7 Å². The Balaban J connectivity index is 1.80. The maximum Gasteiger partial charge on any atom is 0.264 e. The van der Waals surface area contributed by atoms with Crippen LogP contribution in [0.15, 0.2) is 114 Å². The third-order valence-corrected chi connectivity index (χ3v) is 9.20. The highest BCUT2D eigenvalue weighted by Gasteiger charge is 2.35. The second-order valence-corrected chi connectivity index (χ2v) is 13.4. The van der Waals surface area contributed by atoms with Gasteiger partial charge in [-0.15, -0.1) is 0 Å². The molecule has 4 aromatic carbocycles. The van der Waals surface area contributed by atoms with E-state index in [1.165, 1.54) is 17.0 Å². The zero-order valence-electron chi connectivity index (χ0n) is 25.2. The van der Waals surface area contributed by atoms with Crippen LogP contribution in [0.5, 0.6) is 0 Å². The average molecular weight is 632 g/mol. The second-order valence-electron chi connectivity index (χ2n) is 11.1. The maximum absolute atomic E-state index is 14.5. The van der Waals surface area contributed by atoms with Gasteiger partial charge in [0, 0.05) is 24.5 Å². The number of carbonyl (C=O) groups is 2. The van der Waals surface area contributed by atoms with E-state index in [0.29, 0.717) is 28.4 Å². The molecule has 4 aromatic rings. The Labute approximate surface area is 265 Å². The number of hydrogen-bond acceptors (Lipinski definition) is 4. The molecule has 230 valence electrons. The molecule has 0 fully saturated rings. The number of rotatable bonds is 13. The van der Waals surface area contributed by atoms with E-state index in [2.05, 4.69) is 5.32 Å². The van der Waals surface area contributed by atoms with Crippen LogP contribution < -0.4 is 9.62 Å². The van der Waals surface area contributed by atoms with E-state index in [0.717, 1.165) is 9.87 Å². The fourth-order valence-corrected chi connectivity index (χ4v) is 6.60. The summed E-state index contributed by atoms with van der Waals surface area (Å²) in [6.45, 7) is 5.77. The van der Waals surface area contributed by atoms with E-state index in [-0.39, 0.29) is 29.7 Å². The fraction of sp³-hybridized carbons (Fsp3) is 0.257. The summed E-state index contributed by atoms with van der Waals surface area (Å²) >= 11 is 6.30. The first kappa shape index (κ1) is 32.8. The Hall–Kier alpha value is -4.14. The molecule has 1 N–H and O–H groups in total. The summed E-state index contributed by atoms with van der Waals surface area (Å²) in [6, 6.07) is 30.7. The van der Waals surface area contributed by atoms with Crippen molar-refractivity contribution in [3.8, 4) is 0 Å². The van der Waals surface area contributed by atoms with Gasteiger partial charge in [0.25, 0.3) is 10.0 Å². The van der Waals surface area contributed by atoms with Crippen LogP contribution in [0.2, 0.25) is 5.02 Å². The number of benzene rings is 4. The van der Waals surface area contributed by atoms with Crippen LogP contribution in [0.3, 0.4) is 0 Å². The number of amides is 2. The van der Waals surface area contributed by atoms with E-state index < -0.39 is 28.5 Å². The number of anilines is 1. The highest BCUT2D eigenvalue weighted by Crippen LogP contribution is 2.28. The molecule has 0 heterocycles. The monoisotopic (exact) mass is 631 g/mol. The minimum Gasteiger partial charge on any atom is -0.354 e. The Morgan fingerprint density at radius 3 is 2.07 bits per heavy atom. The summed E-state index contributed by atoms with van der Waals surface area (Å²) in [4.78, 5) is 29.8. The molecule has 0 radical (unpaired) electrons. The fourth-order valence-electron chi connectivity index (χ4n) is 4.88. The van der Waals surface area contributed by atoms with Gasteiger partial charge < -0.3 is 10.2 Å². The zero-order valence-corrected chi connectivity index (χ0v) is 26.8. The lowest BCUT2D eigenvalue weighted by atomic mass is 10.0. The predicted octanol–water partition coefficient (Wildman–Crippen LogP) is 6.26. The summed E-state index contributed by atoms with van der Waals surface area (Å²) in [5.41, 5.74) is 2.66. The molecule has 0 aliphatic rings. The van der Waals surface area contributed by atoms with Crippen molar-refractivity contribution in [1.29, 1.82) is 0 Å². The van der Waals surface area contributed by atoms with E-state index in [1.807, 2.05) is 56.3 Å². The van der Waals surface area contributed by atoms with Crippen LogP contribution in [-0.4, -0.2) is 44.3 Å². The normalized spacial score (nSPS) is 12.0. The largest absolute Gasteiger partial charge is 0.354 e. The molecule has 0 saturated heterocycles. The SMILES string of the molecule is Cc1ccccc1N(CC(=O)N(Cc1cccc(Cl)c1)C(Cc1ccccc1)C(=O)NCC(C)C)S(=O)(=O)c1ccccc1. The molecule has 4 rings (SSSR count). The van der Waals surface area contributed by atoms with Crippen LogP contribution in [-0.2, 0) is 32.6 Å². The molecule has 2 amide bonds. The van der Waals surface area contributed by atoms with E-state index >= 15 is 0 Å². The van der Waals surface area contributed by atoms with Gasteiger partial charge >= 0.3 is 0 Å². The van der Waals surface area contributed by atoms with Gasteiger partial charge in [-0.25, -0.2) is 8.42 Å². The van der Waals surface area contributed by atoms with Crippen molar-refractivity contribution in [1.82, 2.24) is 10.2 Å². The van der Waals surface area contributed by atoms with Crippen molar-refractivity contribution in [3.63, 3.8) is 0 Å². The Morgan fingerprint density at radius 1 is 0.818 bits per heavy atom. The number of nitrogens with zero attached hydrogens (tertiary/aromatic N) is 2. The van der Waals surface area contributed by atoms with Crippen molar-refractivity contribution in [2.24, 2.45) is 5.92 Å². The highest BCUT2D eigenvalue weighted by molar-refractivity contribution is 7.92. The molecule has 1 atom stereocenters. The summed E-state index contributed by atoms with van der Waals surface area (Å²) in [5.74, 6) is -0.638. The van der Waals surface area contributed by atoms with Crippen molar-refractivity contribution in [3.05, 3.63) is 131 Å². The molecule has 9 heteroatoms. The Bertz CT molecular complexity index is 1660. The molecule has 1 unspecified atom stereocenters. The molecule has 0 saturated carbocycles. The maximum atomic E-state index is 14.5. The number of hydrogen-bond donors (Lipinski definition) is 1. The van der Waals surface area contributed by atoms with Crippen molar-refractivity contribution in [2.75, 3.05) is 17.4 Å². The van der Waals surface area contributed by atoms with E-state index in [1.54, 1.807) is 61.5 Å². The molecule has 0 spiro atoms. The molecule has 0 bridgehead atoms. The highest BCUT2D eigenvalue weighted by atomic mass is 35.5. The Kier molecular flexibility index (Phi) is 11.2. The smallest absolute Gasteiger partial charge is 0.264 e. The number of halogens is 1. The first-order valence-electron chi connectivity index (χ1n) is 14.5.